The van der Waals surface area contributed by atoms with Gasteiger partial charge in [0.15, 0.2) is 0 Å². The molecule has 0 fully saturated rings. The minimum atomic E-state index is 0.270. The molecule has 0 unspecified atom stereocenters. The summed E-state index contributed by atoms with van der Waals surface area (Å²) in [5.74, 6) is 0. The number of hydrogen-bond donors (Lipinski definition) is 0. The predicted octanol–water partition coefficient (Wildman–Crippen LogP) is 4.64. The Bertz CT molecular complexity index is 315. The van der Waals surface area contributed by atoms with Gasteiger partial charge in [0.1, 0.15) is 0 Å². The Labute approximate surface area is 100 Å². The molecule has 0 saturated heterocycles. The highest BCUT2D eigenvalue weighted by atomic mass is 14.7. The van der Waals surface area contributed by atoms with Crippen LogP contribution in [0.4, 0.5) is 0 Å². The van der Waals surface area contributed by atoms with Crippen LogP contribution in [0.15, 0.2) is 18.3 Å². The topological polar surface area (TPSA) is 12.9 Å². The predicted molar refractivity (Wildman–Crippen MR) is 70.8 cm³/mol. The number of pyridine rings is 1. The number of aromatic nitrogens is 1. The van der Waals surface area contributed by atoms with Crippen molar-refractivity contribution >= 4 is 0 Å². The first-order valence-electron chi connectivity index (χ1n) is 6.50. The lowest BCUT2D eigenvalue weighted by Crippen LogP contribution is -2.19. The first-order chi connectivity index (χ1) is 7.58. The van der Waals surface area contributed by atoms with Gasteiger partial charge in [-0.3, -0.25) is 4.98 Å². The normalized spacial score (nSPS) is 11.8. The van der Waals surface area contributed by atoms with E-state index in [1.807, 2.05) is 6.20 Å². The van der Waals surface area contributed by atoms with Gasteiger partial charge < -0.3 is 0 Å². The quantitative estimate of drug-likeness (QED) is 0.635. The lowest BCUT2D eigenvalue weighted by Gasteiger charge is -2.26. The van der Waals surface area contributed by atoms with E-state index in [1.165, 1.54) is 43.4 Å². The molecule has 1 heterocycles. The van der Waals surface area contributed by atoms with Crippen molar-refractivity contribution in [2.75, 3.05) is 0 Å². The van der Waals surface area contributed by atoms with Crippen LogP contribution in [0, 0.1) is 6.92 Å². The Kier molecular flexibility index (Phi) is 4.98. The smallest absolute Gasteiger partial charge is 0.0410 e. The van der Waals surface area contributed by atoms with Crippen LogP contribution in [0.25, 0.3) is 0 Å². The molecular weight excluding hydrogens is 194 g/mol. The van der Waals surface area contributed by atoms with Gasteiger partial charge in [-0.05, 0) is 30.4 Å². The van der Waals surface area contributed by atoms with E-state index in [9.17, 15) is 0 Å². The fourth-order valence-electron chi connectivity index (χ4n) is 2.33. The van der Waals surface area contributed by atoms with Gasteiger partial charge in [-0.2, -0.15) is 0 Å². The molecule has 0 spiro atoms. The maximum atomic E-state index is 4.39. The molecule has 0 aliphatic rings. The van der Waals surface area contributed by atoms with E-state index in [0.717, 1.165) is 0 Å². The molecule has 0 amide bonds. The van der Waals surface area contributed by atoms with Crippen molar-refractivity contribution in [1.29, 1.82) is 0 Å². The average molecular weight is 219 g/mol. The zero-order chi connectivity index (χ0) is 12.0. The van der Waals surface area contributed by atoms with Gasteiger partial charge in [-0.15, -0.1) is 0 Å². The first kappa shape index (κ1) is 13.2. The molecule has 1 nitrogen and oxygen atoms in total. The lowest BCUT2D eigenvalue weighted by atomic mass is 9.79. The van der Waals surface area contributed by atoms with E-state index >= 15 is 0 Å². The summed E-state index contributed by atoms with van der Waals surface area (Å²) in [5, 5.41) is 0. The summed E-state index contributed by atoms with van der Waals surface area (Å²) in [6.45, 7) is 9.05. The molecule has 0 aliphatic heterocycles. The van der Waals surface area contributed by atoms with Gasteiger partial charge in [0.25, 0.3) is 0 Å². The second-order valence-corrected chi connectivity index (χ2v) is 5.33. The van der Waals surface area contributed by atoms with Crippen LogP contribution in [0.1, 0.15) is 64.1 Å². The molecule has 0 atom stereocenters. The zero-order valence-corrected chi connectivity index (χ0v) is 11.2. The molecule has 0 aromatic carbocycles. The standard InChI is InChI=1S/C15H25N/c1-5-6-7-8-11-15(3,4)14-10-9-12-16-13(14)2/h9-10,12H,5-8,11H2,1-4H3. The molecular formula is C15H25N. The summed E-state index contributed by atoms with van der Waals surface area (Å²) in [6.07, 6.45) is 8.51. The molecule has 0 saturated carbocycles. The van der Waals surface area contributed by atoms with E-state index in [1.54, 1.807) is 0 Å². The van der Waals surface area contributed by atoms with Crippen LogP contribution in [0.2, 0.25) is 0 Å². The number of unbranched alkanes of at least 4 members (excludes halogenated alkanes) is 3. The van der Waals surface area contributed by atoms with Crippen molar-refractivity contribution in [3.8, 4) is 0 Å². The number of hydrogen-bond acceptors (Lipinski definition) is 1. The number of nitrogens with zero attached hydrogens (tertiary/aromatic N) is 1. The summed E-state index contributed by atoms with van der Waals surface area (Å²) >= 11 is 0. The summed E-state index contributed by atoms with van der Waals surface area (Å²) in [4.78, 5) is 4.39. The summed E-state index contributed by atoms with van der Waals surface area (Å²) in [6, 6.07) is 4.28. The molecule has 0 bridgehead atoms. The van der Waals surface area contributed by atoms with Gasteiger partial charge >= 0.3 is 0 Å². The fourth-order valence-corrected chi connectivity index (χ4v) is 2.33. The third-order valence-corrected chi connectivity index (χ3v) is 3.39. The number of rotatable bonds is 6. The number of aryl methyl sites for hydroxylation is 1. The Hall–Kier alpha value is -0.850. The molecule has 1 rings (SSSR count). The minimum Gasteiger partial charge on any atom is -0.261 e. The molecule has 0 aliphatic carbocycles. The highest BCUT2D eigenvalue weighted by Crippen LogP contribution is 2.30. The van der Waals surface area contributed by atoms with Crippen LogP contribution in [-0.4, -0.2) is 4.98 Å². The van der Waals surface area contributed by atoms with Crippen LogP contribution in [-0.2, 0) is 5.41 Å². The molecule has 1 aromatic rings. The Morgan fingerprint density at radius 3 is 2.56 bits per heavy atom. The van der Waals surface area contributed by atoms with Crippen LogP contribution in [0.5, 0.6) is 0 Å². The molecule has 90 valence electrons. The zero-order valence-electron chi connectivity index (χ0n) is 11.2. The second kappa shape index (κ2) is 6.03. The Balaban J connectivity index is 2.59. The van der Waals surface area contributed by atoms with Crippen molar-refractivity contribution in [3.05, 3.63) is 29.6 Å². The molecule has 16 heavy (non-hydrogen) atoms. The molecule has 1 aromatic heterocycles. The lowest BCUT2D eigenvalue weighted by molar-refractivity contribution is 0.442. The maximum Gasteiger partial charge on any atom is 0.0410 e. The van der Waals surface area contributed by atoms with Crippen molar-refractivity contribution in [2.45, 2.75) is 65.2 Å². The largest absolute Gasteiger partial charge is 0.261 e. The van der Waals surface area contributed by atoms with Crippen LogP contribution >= 0.6 is 0 Å². The van der Waals surface area contributed by atoms with Crippen molar-refractivity contribution in [1.82, 2.24) is 4.98 Å². The van der Waals surface area contributed by atoms with Gasteiger partial charge in [0.05, 0.1) is 0 Å². The van der Waals surface area contributed by atoms with E-state index < -0.39 is 0 Å². The van der Waals surface area contributed by atoms with Crippen LogP contribution in [0.3, 0.4) is 0 Å². The van der Waals surface area contributed by atoms with Gasteiger partial charge in [-0.1, -0.05) is 52.5 Å². The SMILES string of the molecule is CCCCCCC(C)(C)c1cccnc1C. The maximum absolute atomic E-state index is 4.39. The van der Waals surface area contributed by atoms with Crippen molar-refractivity contribution in [2.24, 2.45) is 0 Å². The van der Waals surface area contributed by atoms with Gasteiger partial charge in [-0.25, -0.2) is 0 Å². The average Bonchev–Trinajstić information content (AvgIpc) is 2.25. The van der Waals surface area contributed by atoms with E-state index in [4.69, 9.17) is 0 Å². The minimum absolute atomic E-state index is 0.270. The highest BCUT2D eigenvalue weighted by Gasteiger charge is 2.21. The van der Waals surface area contributed by atoms with Crippen molar-refractivity contribution < 1.29 is 0 Å². The molecule has 0 radical (unpaired) electrons. The first-order valence-corrected chi connectivity index (χ1v) is 6.50. The third kappa shape index (κ3) is 3.62. The summed E-state index contributed by atoms with van der Waals surface area (Å²) in [7, 11) is 0. The summed E-state index contributed by atoms with van der Waals surface area (Å²) in [5.41, 5.74) is 2.86. The third-order valence-electron chi connectivity index (χ3n) is 3.39. The van der Waals surface area contributed by atoms with Gasteiger partial charge in [0, 0.05) is 11.9 Å². The molecule has 0 N–H and O–H groups in total. The summed E-state index contributed by atoms with van der Waals surface area (Å²) < 4.78 is 0. The van der Waals surface area contributed by atoms with E-state index in [-0.39, 0.29) is 5.41 Å². The van der Waals surface area contributed by atoms with Crippen molar-refractivity contribution in [3.63, 3.8) is 0 Å². The van der Waals surface area contributed by atoms with Gasteiger partial charge in [0.2, 0.25) is 0 Å². The van der Waals surface area contributed by atoms with Crippen LogP contribution < -0.4 is 0 Å². The second-order valence-electron chi connectivity index (χ2n) is 5.33. The van der Waals surface area contributed by atoms with E-state index in [0.29, 0.717) is 0 Å². The Morgan fingerprint density at radius 1 is 1.19 bits per heavy atom. The highest BCUT2D eigenvalue weighted by molar-refractivity contribution is 5.26. The Morgan fingerprint density at radius 2 is 1.94 bits per heavy atom. The molecule has 1 heteroatoms. The monoisotopic (exact) mass is 219 g/mol. The van der Waals surface area contributed by atoms with E-state index in [2.05, 4.69) is 44.8 Å². The fraction of sp³-hybridized carbons (Fsp3) is 0.667.